The van der Waals surface area contributed by atoms with Crippen molar-refractivity contribution in [1.29, 1.82) is 5.26 Å². The average molecular weight is 485 g/mol. The van der Waals surface area contributed by atoms with Crippen molar-refractivity contribution in [2.75, 3.05) is 20.3 Å². The van der Waals surface area contributed by atoms with Crippen molar-refractivity contribution in [1.82, 2.24) is 4.98 Å². The zero-order chi connectivity index (χ0) is 24.9. The van der Waals surface area contributed by atoms with E-state index in [1.54, 1.807) is 30.5 Å². The summed E-state index contributed by atoms with van der Waals surface area (Å²) < 4.78 is 28.1. The Hall–Kier alpha value is -4.35. The van der Waals surface area contributed by atoms with Crippen molar-refractivity contribution in [2.45, 2.75) is 25.6 Å². The molecule has 0 radical (unpaired) electrons. The second-order valence-corrected chi connectivity index (χ2v) is 8.34. The molecule has 3 heterocycles. The van der Waals surface area contributed by atoms with E-state index < -0.39 is 5.97 Å². The third-order valence-corrected chi connectivity index (χ3v) is 5.99. The summed E-state index contributed by atoms with van der Waals surface area (Å²) >= 11 is 0. The van der Waals surface area contributed by atoms with E-state index >= 15 is 0 Å². The number of carbonyl (C=O) groups excluding carboxylic acids is 1. The molecule has 0 saturated carbocycles. The van der Waals surface area contributed by atoms with Crippen LogP contribution in [0.4, 0.5) is 0 Å². The monoisotopic (exact) mass is 484 g/mol. The lowest BCUT2D eigenvalue weighted by Crippen LogP contribution is -2.26. The van der Waals surface area contributed by atoms with Crippen molar-refractivity contribution in [3.05, 3.63) is 77.7 Å². The zero-order valence-electron chi connectivity index (χ0n) is 19.7. The Kier molecular flexibility index (Phi) is 6.83. The van der Waals surface area contributed by atoms with Gasteiger partial charge in [-0.25, -0.2) is 4.79 Å². The minimum atomic E-state index is -0.403. The van der Waals surface area contributed by atoms with Gasteiger partial charge >= 0.3 is 5.97 Å². The number of ether oxygens (including phenoxy) is 4. The standard InChI is InChI=1S/C28H24N2O6/c1-32-28(31)18-2-5-21(6-3-18)34-17-23-15-25-27(36-23)24(8-11-30-25)19-4-7-26(20(14-19)16-29)35-22-9-12-33-13-10-22/h2-8,11,14-15,22H,9-10,12-13,17H2,1H3. The topological polar surface area (TPSA) is 104 Å². The number of hydrogen-bond acceptors (Lipinski definition) is 8. The van der Waals surface area contributed by atoms with Gasteiger partial charge in [0, 0.05) is 30.7 Å². The van der Waals surface area contributed by atoms with Gasteiger partial charge in [0.2, 0.25) is 0 Å². The first-order valence-corrected chi connectivity index (χ1v) is 11.6. The number of benzene rings is 2. The molecule has 0 aliphatic carbocycles. The Morgan fingerprint density at radius 1 is 1.11 bits per heavy atom. The maximum Gasteiger partial charge on any atom is 0.337 e. The minimum absolute atomic E-state index is 0.0497. The first kappa shape index (κ1) is 23.4. The van der Waals surface area contributed by atoms with Crippen LogP contribution in [0.2, 0.25) is 0 Å². The normalized spacial score (nSPS) is 13.8. The molecule has 5 rings (SSSR count). The van der Waals surface area contributed by atoms with E-state index in [2.05, 4.69) is 11.1 Å². The predicted octanol–water partition coefficient (Wildman–Crippen LogP) is 5.29. The highest BCUT2D eigenvalue weighted by Crippen LogP contribution is 2.33. The van der Waals surface area contributed by atoms with E-state index in [0.29, 0.717) is 52.7 Å². The van der Waals surface area contributed by atoms with E-state index in [9.17, 15) is 10.1 Å². The lowest BCUT2D eigenvalue weighted by Gasteiger charge is -2.23. The molecule has 0 atom stereocenters. The summed E-state index contributed by atoms with van der Waals surface area (Å²) in [5.74, 6) is 1.36. The molecule has 1 aliphatic heterocycles. The van der Waals surface area contributed by atoms with Gasteiger partial charge in [-0.2, -0.15) is 5.26 Å². The highest BCUT2D eigenvalue weighted by Gasteiger charge is 2.18. The van der Waals surface area contributed by atoms with Crippen molar-refractivity contribution in [3.8, 4) is 28.7 Å². The van der Waals surface area contributed by atoms with E-state index in [1.807, 2.05) is 30.3 Å². The second-order valence-electron chi connectivity index (χ2n) is 8.34. The van der Waals surface area contributed by atoms with E-state index in [0.717, 1.165) is 24.0 Å². The predicted molar refractivity (Wildman–Crippen MR) is 131 cm³/mol. The molecule has 8 heteroatoms. The van der Waals surface area contributed by atoms with Gasteiger partial charge in [-0.15, -0.1) is 0 Å². The molecule has 0 unspecified atom stereocenters. The van der Waals surface area contributed by atoms with Crippen LogP contribution in [0.15, 0.2) is 65.2 Å². The molecule has 0 amide bonds. The van der Waals surface area contributed by atoms with E-state index in [4.69, 9.17) is 23.4 Å². The number of hydrogen-bond donors (Lipinski definition) is 0. The number of rotatable bonds is 7. The Morgan fingerprint density at radius 2 is 1.92 bits per heavy atom. The van der Waals surface area contributed by atoms with Gasteiger partial charge in [-0.3, -0.25) is 4.98 Å². The summed E-state index contributed by atoms with van der Waals surface area (Å²) in [4.78, 5) is 16.0. The molecule has 2 aromatic carbocycles. The number of methoxy groups -OCH3 is 1. The maximum absolute atomic E-state index is 11.6. The number of nitriles is 1. The Bertz CT molecular complexity index is 1410. The molecule has 4 aromatic rings. The van der Waals surface area contributed by atoms with Gasteiger partial charge in [-0.05, 0) is 48.0 Å². The summed E-state index contributed by atoms with van der Waals surface area (Å²) in [6, 6.07) is 18.2. The number of esters is 1. The fourth-order valence-electron chi connectivity index (χ4n) is 4.11. The lowest BCUT2D eigenvalue weighted by atomic mass is 10.0. The number of aromatic nitrogens is 1. The fourth-order valence-corrected chi connectivity index (χ4v) is 4.11. The molecule has 0 N–H and O–H groups in total. The molecule has 0 bridgehead atoms. The zero-order valence-corrected chi connectivity index (χ0v) is 19.7. The molecule has 36 heavy (non-hydrogen) atoms. The van der Waals surface area contributed by atoms with Crippen LogP contribution in [0.1, 0.15) is 34.5 Å². The van der Waals surface area contributed by atoms with Crippen LogP contribution in [-0.2, 0) is 16.1 Å². The number of nitrogens with zero attached hydrogens (tertiary/aromatic N) is 2. The molecule has 8 nitrogen and oxygen atoms in total. The van der Waals surface area contributed by atoms with Gasteiger partial charge in [0.15, 0.2) is 5.58 Å². The van der Waals surface area contributed by atoms with Crippen LogP contribution in [0.3, 0.4) is 0 Å². The van der Waals surface area contributed by atoms with Crippen LogP contribution in [-0.4, -0.2) is 37.4 Å². The third kappa shape index (κ3) is 5.02. The van der Waals surface area contributed by atoms with Gasteiger partial charge < -0.3 is 23.4 Å². The summed E-state index contributed by atoms with van der Waals surface area (Å²) in [6.45, 7) is 1.53. The number of pyridine rings is 1. The number of furan rings is 1. The first-order valence-electron chi connectivity index (χ1n) is 11.6. The Balaban J connectivity index is 1.35. The summed E-state index contributed by atoms with van der Waals surface area (Å²) in [6.07, 6.45) is 3.38. The minimum Gasteiger partial charge on any atom is -0.489 e. The highest BCUT2D eigenvalue weighted by atomic mass is 16.5. The van der Waals surface area contributed by atoms with Crippen LogP contribution in [0.5, 0.6) is 11.5 Å². The lowest BCUT2D eigenvalue weighted by molar-refractivity contribution is 0.0254. The summed E-state index contributed by atoms with van der Waals surface area (Å²) in [5.41, 5.74) is 3.87. The SMILES string of the molecule is COC(=O)c1ccc(OCc2cc3nccc(-c4ccc(OC5CCOCC5)c(C#N)c4)c3o2)cc1. The van der Waals surface area contributed by atoms with Gasteiger partial charge in [0.25, 0.3) is 0 Å². The molecule has 0 spiro atoms. The molecular formula is C28H24N2O6. The third-order valence-electron chi connectivity index (χ3n) is 5.99. The second kappa shape index (κ2) is 10.5. The van der Waals surface area contributed by atoms with E-state index in [1.165, 1.54) is 7.11 Å². The smallest absolute Gasteiger partial charge is 0.337 e. The molecule has 1 aliphatic rings. The molecule has 182 valence electrons. The fraction of sp³-hybridized carbons (Fsp3) is 0.250. The number of carbonyl (C=O) groups is 1. The average Bonchev–Trinajstić information content (AvgIpc) is 3.36. The highest BCUT2D eigenvalue weighted by molar-refractivity contribution is 5.91. The molecule has 1 fully saturated rings. The molecule has 1 saturated heterocycles. The molecule has 2 aromatic heterocycles. The van der Waals surface area contributed by atoms with Crippen LogP contribution < -0.4 is 9.47 Å². The van der Waals surface area contributed by atoms with Crippen molar-refractivity contribution < 1.29 is 28.2 Å². The van der Waals surface area contributed by atoms with E-state index in [-0.39, 0.29) is 12.7 Å². The number of fused-ring (bicyclic) bond motifs is 1. The van der Waals surface area contributed by atoms with Crippen molar-refractivity contribution in [2.24, 2.45) is 0 Å². The summed E-state index contributed by atoms with van der Waals surface area (Å²) in [7, 11) is 1.34. The van der Waals surface area contributed by atoms with Gasteiger partial charge in [-0.1, -0.05) is 6.07 Å². The van der Waals surface area contributed by atoms with Crippen molar-refractivity contribution >= 4 is 17.1 Å². The van der Waals surface area contributed by atoms with Crippen molar-refractivity contribution in [3.63, 3.8) is 0 Å². The van der Waals surface area contributed by atoms with Gasteiger partial charge in [0.05, 0.1) is 31.5 Å². The summed E-state index contributed by atoms with van der Waals surface area (Å²) in [5, 5.41) is 9.74. The Labute approximate surface area is 208 Å². The van der Waals surface area contributed by atoms with Crippen LogP contribution in [0.25, 0.3) is 22.2 Å². The largest absolute Gasteiger partial charge is 0.489 e. The maximum atomic E-state index is 11.6. The Morgan fingerprint density at radius 3 is 2.67 bits per heavy atom. The van der Waals surface area contributed by atoms with Gasteiger partial charge in [0.1, 0.15) is 41.6 Å². The molecular weight excluding hydrogens is 460 g/mol. The first-order chi connectivity index (χ1) is 17.6. The van der Waals surface area contributed by atoms with Crippen LogP contribution >= 0.6 is 0 Å². The van der Waals surface area contributed by atoms with Crippen LogP contribution in [0, 0.1) is 11.3 Å². The quantitative estimate of drug-likeness (QED) is 0.326.